The van der Waals surface area contributed by atoms with Crippen LogP contribution in [0.4, 0.5) is 5.69 Å². The van der Waals surface area contributed by atoms with Crippen LogP contribution in [0.15, 0.2) is 54.6 Å². The molecule has 4 rings (SSSR count). The maximum Gasteiger partial charge on any atom is 0.269 e. The normalized spacial score (nSPS) is 13.9. The Morgan fingerprint density at radius 3 is 2.26 bits per heavy atom. The summed E-state index contributed by atoms with van der Waals surface area (Å²) in [5.74, 6) is -0.0240. The Hall–Kier alpha value is -3.45. The molecule has 2 heterocycles. The quantitative estimate of drug-likeness (QED) is 0.459. The number of carbonyl (C=O) groups is 1. The third-order valence-electron chi connectivity index (χ3n) is 5.85. The Kier molecular flexibility index (Phi) is 5.86. The van der Waals surface area contributed by atoms with E-state index in [0.29, 0.717) is 38.4 Å². The van der Waals surface area contributed by atoms with Crippen LogP contribution in [-0.2, 0) is 11.3 Å². The van der Waals surface area contributed by atoms with Crippen molar-refractivity contribution in [2.45, 2.75) is 20.4 Å². The van der Waals surface area contributed by atoms with Gasteiger partial charge in [-0.2, -0.15) is 0 Å². The number of ether oxygens (including phenoxy) is 1. The maximum atomic E-state index is 13.6. The van der Waals surface area contributed by atoms with Crippen molar-refractivity contribution in [3.63, 3.8) is 0 Å². The monoisotopic (exact) mass is 419 g/mol. The molecule has 0 unspecified atom stereocenters. The Morgan fingerprint density at radius 2 is 1.65 bits per heavy atom. The molecule has 1 saturated heterocycles. The molecule has 1 aliphatic rings. The van der Waals surface area contributed by atoms with E-state index < -0.39 is 4.92 Å². The lowest BCUT2D eigenvalue weighted by Gasteiger charge is -2.27. The molecule has 2 aromatic carbocycles. The van der Waals surface area contributed by atoms with Gasteiger partial charge in [-0.3, -0.25) is 14.9 Å². The maximum absolute atomic E-state index is 13.6. The van der Waals surface area contributed by atoms with Crippen molar-refractivity contribution in [2.24, 2.45) is 0 Å². The molecule has 0 bridgehead atoms. The smallest absolute Gasteiger partial charge is 0.269 e. The highest BCUT2D eigenvalue weighted by Gasteiger charge is 2.28. The van der Waals surface area contributed by atoms with Gasteiger partial charge in [0.25, 0.3) is 11.6 Å². The topological polar surface area (TPSA) is 77.6 Å². The molecule has 0 atom stereocenters. The van der Waals surface area contributed by atoms with E-state index in [1.807, 2.05) is 36.9 Å². The minimum absolute atomic E-state index is 0.0240. The second-order valence-electron chi connectivity index (χ2n) is 7.70. The molecule has 7 nitrogen and oxygen atoms in total. The van der Waals surface area contributed by atoms with Gasteiger partial charge in [-0.25, -0.2) is 0 Å². The van der Waals surface area contributed by atoms with Crippen molar-refractivity contribution in [3.05, 3.63) is 87.2 Å². The average molecular weight is 419 g/mol. The van der Waals surface area contributed by atoms with Gasteiger partial charge in [-0.1, -0.05) is 30.3 Å². The van der Waals surface area contributed by atoms with Gasteiger partial charge in [0.1, 0.15) is 0 Å². The summed E-state index contributed by atoms with van der Waals surface area (Å²) in [6.07, 6.45) is 0. The largest absolute Gasteiger partial charge is 0.378 e. The average Bonchev–Trinajstić information content (AvgIpc) is 3.04. The summed E-state index contributed by atoms with van der Waals surface area (Å²) >= 11 is 0. The number of hydrogen-bond donors (Lipinski definition) is 0. The van der Waals surface area contributed by atoms with Gasteiger partial charge in [-0.05, 0) is 37.1 Å². The summed E-state index contributed by atoms with van der Waals surface area (Å²) in [6.45, 7) is 6.79. The fourth-order valence-corrected chi connectivity index (χ4v) is 4.18. The summed E-state index contributed by atoms with van der Waals surface area (Å²) in [4.78, 5) is 26.1. The number of aromatic nitrogens is 1. The van der Waals surface area contributed by atoms with Crippen LogP contribution < -0.4 is 0 Å². The van der Waals surface area contributed by atoms with E-state index >= 15 is 0 Å². The third-order valence-corrected chi connectivity index (χ3v) is 5.85. The summed E-state index contributed by atoms with van der Waals surface area (Å²) in [7, 11) is 0. The molecule has 3 aromatic rings. The highest BCUT2D eigenvalue weighted by Crippen LogP contribution is 2.35. The number of benzene rings is 2. The van der Waals surface area contributed by atoms with Crippen LogP contribution >= 0.6 is 0 Å². The van der Waals surface area contributed by atoms with Gasteiger partial charge in [0.05, 0.1) is 23.7 Å². The van der Waals surface area contributed by atoms with E-state index in [1.54, 1.807) is 12.1 Å². The van der Waals surface area contributed by atoms with Gasteiger partial charge < -0.3 is 14.2 Å². The second kappa shape index (κ2) is 8.73. The fraction of sp³-hybridized carbons (Fsp3) is 0.292. The van der Waals surface area contributed by atoms with Crippen LogP contribution in [0.5, 0.6) is 0 Å². The van der Waals surface area contributed by atoms with E-state index in [1.165, 1.54) is 12.1 Å². The molecule has 0 spiro atoms. The van der Waals surface area contributed by atoms with Crippen LogP contribution in [0.25, 0.3) is 11.1 Å². The molecule has 0 saturated carbocycles. The first-order valence-corrected chi connectivity index (χ1v) is 10.3. The molecule has 0 aliphatic carbocycles. The van der Waals surface area contributed by atoms with Gasteiger partial charge in [0.15, 0.2) is 0 Å². The van der Waals surface area contributed by atoms with E-state index in [2.05, 4.69) is 16.7 Å². The number of nitrogens with zero attached hydrogens (tertiary/aromatic N) is 3. The molecular formula is C24H25N3O4. The van der Waals surface area contributed by atoms with Crippen molar-refractivity contribution in [2.75, 3.05) is 26.3 Å². The van der Waals surface area contributed by atoms with Gasteiger partial charge in [0.2, 0.25) is 0 Å². The number of non-ortho nitro benzene ring substituents is 1. The van der Waals surface area contributed by atoms with Gasteiger partial charge >= 0.3 is 0 Å². The van der Waals surface area contributed by atoms with Crippen LogP contribution in [0.3, 0.4) is 0 Å². The molecule has 0 radical (unpaired) electrons. The predicted octanol–water partition coefficient (Wildman–Crippen LogP) is 4.20. The fourth-order valence-electron chi connectivity index (χ4n) is 4.18. The van der Waals surface area contributed by atoms with Crippen molar-refractivity contribution >= 4 is 11.6 Å². The van der Waals surface area contributed by atoms with Crippen LogP contribution in [0.2, 0.25) is 0 Å². The zero-order chi connectivity index (χ0) is 22.0. The zero-order valence-electron chi connectivity index (χ0n) is 17.7. The van der Waals surface area contributed by atoms with E-state index in [-0.39, 0.29) is 11.6 Å². The van der Waals surface area contributed by atoms with Gasteiger partial charge in [0, 0.05) is 48.7 Å². The third kappa shape index (κ3) is 4.09. The molecule has 1 aliphatic heterocycles. The number of rotatable bonds is 5. The number of nitro benzene ring substituents is 1. The number of morpholine rings is 1. The molecule has 160 valence electrons. The number of carbonyl (C=O) groups excluding carboxylic acids is 1. The Bertz CT molecular complexity index is 1100. The predicted molar refractivity (Wildman–Crippen MR) is 118 cm³/mol. The van der Waals surface area contributed by atoms with Gasteiger partial charge in [-0.15, -0.1) is 0 Å². The van der Waals surface area contributed by atoms with Crippen LogP contribution in [0, 0.1) is 24.0 Å². The van der Waals surface area contributed by atoms with Crippen molar-refractivity contribution in [1.29, 1.82) is 0 Å². The van der Waals surface area contributed by atoms with Crippen LogP contribution in [0.1, 0.15) is 27.3 Å². The Labute approximate surface area is 181 Å². The first kappa shape index (κ1) is 20.8. The minimum atomic E-state index is -0.414. The van der Waals surface area contributed by atoms with Crippen molar-refractivity contribution < 1.29 is 14.5 Å². The summed E-state index contributed by atoms with van der Waals surface area (Å²) < 4.78 is 7.56. The highest BCUT2D eigenvalue weighted by atomic mass is 16.6. The molecule has 31 heavy (non-hydrogen) atoms. The molecule has 1 amide bonds. The lowest BCUT2D eigenvalue weighted by molar-refractivity contribution is -0.384. The number of nitro groups is 1. The molecule has 1 fully saturated rings. The first-order valence-electron chi connectivity index (χ1n) is 10.3. The summed E-state index contributed by atoms with van der Waals surface area (Å²) in [5.41, 5.74) is 5.32. The van der Waals surface area contributed by atoms with Crippen LogP contribution in [-0.4, -0.2) is 46.6 Å². The van der Waals surface area contributed by atoms with Crippen molar-refractivity contribution in [1.82, 2.24) is 9.47 Å². The van der Waals surface area contributed by atoms with E-state index in [4.69, 9.17) is 4.74 Å². The molecular weight excluding hydrogens is 394 g/mol. The number of hydrogen-bond acceptors (Lipinski definition) is 4. The molecule has 7 heteroatoms. The molecule has 0 N–H and O–H groups in total. The van der Waals surface area contributed by atoms with E-state index in [9.17, 15) is 14.9 Å². The highest BCUT2D eigenvalue weighted by molar-refractivity contribution is 6.03. The zero-order valence-corrected chi connectivity index (χ0v) is 17.7. The van der Waals surface area contributed by atoms with Crippen molar-refractivity contribution in [3.8, 4) is 11.1 Å². The molecule has 1 aromatic heterocycles. The minimum Gasteiger partial charge on any atom is -0.378 e. The Balaban J connectivity index is 1.83. The number of amides is 1. The summed E-state index contributed by atoms with van der Waals surface area (Å²) in [6, 6.07) is 16.5. The first-order chi connectivity index (χ1) is 15.0. The Morgan fingerprint density at radius 1 is 1.00 bits per heavy atom. The summed E-state index contributed by atoms with van der Waals surface area (Å²) in [5, 5.41) is 11.1. The second-order valence-corrected chi connectivity index (χ2v) is 7.70. The SMILES string of the molecule is Cc1c(C(=O)N2CCOCC2)c(-c2ccc([N+](=O)[O-])cc2)c(C)n1Cc1ccccc1. The standard InChI is InChI=1S/C24H25N3O4/c1-17-22(20-8-10-21(11-9-20)27(29)30)23(24(28)25-12-14-31-15-13-25)18(2)26(17)16-19-6-4-3-5-7-19/h3-11H,12-16H2,1-2H3. The lowest BCUT2D eigenvalue weighted by Crippen LogP contribution is -2.41. The van der Waals surface area contributed by atoms with E-state index in [0.717, 1.165) is 28.1 Å². The lowest BCUT2D eigenvalue weighted by atomic mass is 9.99.